The molecule has 0 N–H and O–H groups in total. The van der Waals surface area contributed by atoms with Crippen LogP contribution in [0, 0.1) is 0 Å². The van der Waals surface area contributed by atoms with Gasteiger partial charge in [-0.05, 0) is 26.3 Å². The molecule has 30 heavy (non-hydrogen) atoms. The molecular formula is C24H25NO5. The monoisotopic (exact) mass is 407 g/mol. The molecule has 0 aliphatic carbocycles. The van der Waals surface area contributed by atoms with E-state index in [2.05, 4.69) is 0 Å². The molecule has 0 aromatic heterocycles. The highest BCUT2D eigenvalue weighted by atomic mass is 16.7. The van der Waals surface area contributed by atoms with Crippen molar-refractivity contribution in [3.05, 3.63) is 78.1 Å². The summed E-state index contributed by atoms with van der Waals surface area (Å²) in [4.78, 5) is 27.7. The number of carbonyl (C=O) groups excluding carboxylic acids is 2. The lowest BCUT2D eigenvalue weighted by Gasteiger charge is -2.50. The minimum Gasteiger partial charge on any atom is -0.455 e. The number of hydrogen-bond donors (Lipinski definition) is 0. The van der Waals surface area contributed by atoms with Crippen LogP contribution in [0.15, 0.2) is 66.9 Å². The number of fused-ring (bicyclic) bond motifs is 1. The van der Waals surface area contributed by atoms with Crippen LogP contribution < -0.4 is 0 Å². The zero-order valence-corrected chi connectivity index (χ0v) is 17.5. The number of carbonyl (C=O) groups is 2. The van der Waals surface area contributed by atoms with Gasteiger partial charge in [0.25, 0.3) is 5.79 Å². The predicted molar refractivity (Wildman–Crippen MR) is 111 cm³/mol. The molecule has 0 unspecified atom stereocenters. The Morgan fingerprint density at radius 3 is 2.23 bits per heavy atom. The van der Waals surface area contributed by atoms with Crippen molar-refractivity contribution in [2.45, 2.75) is 51.0 Å². The standard InChI is InChI=1S/C24H25NO5/c1-22(2,3)30-21(27)25-19(17-11-7-5-8-12-17)16-28-23(4)24(25,15-20(26)29-23)18-13-9-6-10-14-18/h5-14,16H,15H2,1-4H3/t23-,24-/m1/s1. The minimum atomic E-state index is -1.40. The van der Waals surface area contributed by atoms with Crippen molar-refractivity contribution in [3.8, 4) is 0 Å². The molecule has 0 radical (unpaired) electrons. The fourth-order valence-corrected chi connectivity index (χ4v) is 4.11. The largest absolute Gasteiger partial charge is 0.455 e. The van der Waals surface area contributed by atoms with E-state index in [9.17, 15) is 9.59 Å². The first-order chi connectivity index (χ1) is 14.2. The van der Waals surface area contributed by atoms with Gasteiger partial charge in [0.2, 0.25) is 0 Å². The fourth-order valence-electron chi connectivity index (χ4n) is 4.11. The van der Waals surface area contributed by atoms with Gasteiger partial charge in [-0.2, -0.15) is 0 Å². The molecule has 1 amide bonds. The van der Waals surface area contributed by atoms with E-state index in [-0.39, 0.29) is 6.42 Å². The van der Waals surface area contributed by atoms with Crippen molar-refractivity contribution >= 4 is 17.8 Å². The number of benzene rings is 2. The summed E-state index contributed by atoms with van der Waals surface area (Å²) in [7, 11) is 0. The molecule has 4 rings (SSSR count). The van der Waals surface area contributed by atoms with Crippen LogP contribution in [0.3, 0.4) is 0 Å². The second-order valence-electron chi connectivity index (χ2n) is 8.63. The molecule has 2 aliphatic rings. The minimum absolute atomic E-state index is 0.0586. The average molecular weight is 407 g/mol. The van der Waals surface area contributed by atoms with E-state index in [1.807, 2.05) is 81.4 Å². The van der Waals surface area contributed by atoms with Crippen LogP contribution >= 0.6 is 0 Å². The topological polar surface area (TPSA) is 65.1 Å². The molecule has 1 fully saturated rings. The fraction of sp³-hybridized carbons (Fsp3) is 0.333. The predicted octanol–water partition coefficient (Wildman–Crippen LogP) is 4.81. The van der Waals surface area contributed by atoms with E-state index in [1.54, 1.807) is 6.92 Å². The van der Waals surface area contributed by atoms with Gasteiger partial charge in [-0.25, -0.2) is 4.79 Å². The van der Waals surface area contributed by atoms with Crippen molar-refractivity contribution < 1.29 is 23.8 Å². The molecule has 1 saturated heterocycles. The summed E-state index contributed by atoms with van der Waals surface area (Å²) in [5, 5.41) is 0. The zero-order valence-electron chi connectivity index (χ0n) is 17.5. The molecule has 2 aliphatic heterocycles. The van der Waals surface area contributed by atoms with Crippen molar-refractivity contribution in [2.24, 2.45) is 0 Å². The van der Waals surface area contributed by atoms with Crippen LogP contribution in [0.4, 0.5) is 4.79 Å². The number of amides is 1. The molecule has 2 aromatic rings. The van der Waals surface area contributed by atoms with Crippen molar-refractivity contribution in [1.82, 2.24) is 4.90 Å². The van der Waals surface area contributed by atoms with E-state index < -0.39 is 29.0 Å². The third-order valence-corrected chi connectivity index (χ3v) is 5.38. The summed E-state index contributed by atoms with van der Waals surface area (Å²) < 4.78 is 17.5. The number of hydrogen-bond acceptors (Lipinski definition) is 5. The summed E-state index contributed by atoms with van der Waals surface area (Å²) >= 11 is 0. The maximum Gasteiger partial charge on any atom is 0.416 e. The van der Waals surface area contributed by atoms with Gasteiger partial charge in [0.1, 0.15) is 11.9 Å². The number of esters is 1. The summed E-state index contributed by atoms with van der Waals surface area (Å²) in [6.45, 7) is 7.10. The summed E-state index contributed by atoms with van der Waals surface area (Å²) in [6.07, 6.45) is 0.838. The quantitative estimate of drug-likeness (QED) is 0.669. The van der Waals surface area contributed by atoms with Crippen molar-refractivity contribution in [1.29, 1.82) is 0 Å². The van der Waals surface area contributed by atoms with E-state index in [0.29, 0.717) is 5.70 Å². The van der Waals surface area contributed by atoms with Crippen LogP contribution in [0.1, 0.15) is 45.2 Å². The second kappa shape index (κ2) is 6.90. The van der Waals surface area contributed by atoms with Crippen LogP contribution in [-0.2, 0) is 24.5 Å². The van der Waals surface area contributed by atoms with Gasteiger partial charge in [-0.3, -0.25) is 9.69 Å². The Morgan fingerprint density at radius 1 is 1.03 bits per heavy atom. The molecule has 2 atom stereocenters. The second-order valence-corrected chi connectivity index (χ2v) is 8.63. The maximum absolute atomic E-state index is 13.6. The molecular weight excluding hydrogens is 382 g/mol. The first-order valence-electron chi connectivity index (χ1n) is 9.90. The summed E-state index contributed by atoms with van der Waals surface area (Å²) in [6, 6.07) is 18.8. The van der Waals surface area contributed by atoms with Crippen molar-refractivity contribution in [2.75, 3.05) is 0 Å². The highest BCUT2D eigenvalue weighted by Gasteiger charge is 2.68. The lowest BCUT2D eigenvalue weighted by molar-refractivity contribution is -0.225. The first-order valence-corrected chi connectivity index (χ1v) is 9.90. The Morgan fingerprint density at radius 2 is 1.63 bits per heavy atom. The van der Waals surface area contributed by atoms with E-state index >= 15 is 0 Å². The lowest BCUT2D eigenvalue weighted by Crippen LogP contribution is -2.62. The Bertz CT molecular complexity index is 995. The van der Waals surface area contributed by atoms with Crippen molar-refractivity contribution in [3.63, 3.8) is 0 Å². The Labute approximate surface area is 176 Å². The smallest absolute Gasteiger partial charge is 0.416 e. The SMILES string of the molecule is CC(C)(C)OC(=O)N1C(c2ccccc2)=CO[C@]2(C)OC(=O)C[C@]12c1ccccc1. The normalized spacial score (nSPS) is 25.7. The number of ether oxygens (including phenoxy) is 3. The van der Waals surface area contributed by atoms with Gasteiger partial charge in [0, 0.05) is 12.5 Å². The van der Waals surface area contributed by atoms with Gasteiger partial charge >= 0.3 is 12.1 Å². The van der Waals surface area contributed by atoms with Gasteiger partial charge < -0.3 is 14.2 Å². The lowest BCUT2D eigenvalue weighted by atomic mass is 9.78. The van der Waals surface area contributed by atoms with E-state index in [0.717, 1.165) is 11.1 Å². The van der Waals surface area contributed by atoms with Crippen LogP contribution in [0.25, 0.3) is 5.70 Å². The maximum atomic E-state index is 13.6. The van der Waals surface area contributed by atoms with E-state index in [4.69, 9.17) is 14.2 Å². The highest BCUT2D eigenvalue weighted by molar-refractivity contribution is 5.87. The van der Waals surface area contributed by atoms with Gasteiger partial charge in [-0.15, -0.1) is 0 Å². The van der Waals surface area contributed by atoms with Gasteiger partial charge in [-0.1, -0.05) is 60.7 Å². The number of rotatable bonds is 2. The molecule has 2 aromatic carbocycles. The van der Waals surface area contributed by atoms with Crippen LogP contribution in [-0.4, -0.2) is 28.4 Å². The zero-order chi connectivity index (χ0) is 21.6. The average Bonchev–Trinajstić information content (AvgIpc) is 2.97. The third-order valence-electron chi connectivity index (χ3n) is 5.38. The molecule has 0 spiro atoms. The molecule has 156 valence electrons. The summed E-state index contributed by atoms with van der Waals surface area (Å²) in [5.74, 6) is -1.85. The van der Waals surface area contributed by atoms with Crippen LogP contribution in [0.2, 0.25) is 0 Å². The van der Waals surface area contributed by atoms with E-state index in [1.165, 1.54) is 11.2 Å². The molecule has 6 nitrogen and oxygen atoms in total. The Hall–Kier alpha value is -3.28. The summed E-state index contributed by atoms with van der Waals surface area (Å²) in [5.41, 5.74) is 0.0398. The van der Waals surface area contributed by atoms with Gasteiger partial charge in [0.05, 0.1) is 12.1 Å². The molecule has 0 saturated carbocycles. The highest BCUT2D eigenvalue weighted by Crippen LogP contribution is 2.55. The molecule has 0 bridgehead atoms. The van der Waals surface area contributed by atoms with Gasteiger partial charge in [0.15, 0.2) is 5.54 Å². The molecule has 2 heterocycles. The number of nitrogens with zero attached hydrogens (tertiary/aromatic N) is 1. The Kier molecular flexibility index (Phi) is 4.60. The first kappa shape index (κ1) is 20.0. The van der Waals surface area contributed by atoms with Crippen LogP contribution in [0.5, 0.6) is 0 Å². The Balaban J connectivity index is 1.97. The third kappa shape index (κ3) is 3.12. The molecule has 6 heteroatoms.